The van der Waals surface area contributed by atoms with Gasteiger partial charge in [-0.2, -0.15) is 0 Å². The first-order valence-corrected chi connectivity index (χ1v) is 35.0. The van der Waals surface area contributed by atoms with Gasteiger partial charge in [0, 0.05) is 69.1 Å². The van der Waals surface area contributed by atoms with E-state index < -0.39 is 0 Å². The molecule has 0 aliphatic rings. The zero-order chi connectivity index (χ0) is 68.3. The molecule has 22 aromatic rings. The van der Waals surface area contributed by atoms with Crippen LogP contribution in [0.3, 0.4) is 0 Å². The van der Waals surface area contributed by atoms with Crippen molar-refractivity contribution in [2.24, 2.45) is 0 Å². The predicted octanol–water partition coefficient (Wildman–Crippen LogP) is 23.4. The van der Waals surface area contributed by atoms with E-state index in [0.29, 0.717) is 11.6 Å². The summed E-state index contributed by atoms with van der Waals surface area (Å²) in [7, 11) is 0. The highest BCUT2D eigenvalue weighted by Gasteiger charge is 2.22. The summed E-state index contributed by atoms with van der Waals surface area (Å²) < 4.78 is 9.04. The Balaban J connectivity index is 0.000000134. The van der Waals surface area contributed by atoms with E-state index in [4.69, 9.17) is 9.97 Å². The summed E-state index contributed by atoms with van der Waals surface area (Å²) in [5.41, 5.74) is 18.3. The van der Waals surface area contributed by atoms with Crippen molar-refractivity contribution in [3.8, 4) is 68.2 Å². The Morgan fingerprint density at radius 2 is 0.519 bits per heavy atom. The van der Waals surface area contributed by atoms with Gasteiger partial charge in [-0.15, -0.1) is 0 Å². The highest BCUT2D eigenvalue weighted by Crippen LogP contribution is 2.43. The molecule has 0 amide bonds. The molecular formula is C94H58N10. The summed E-state index contributed by atoms with van der Waals surface area (Å²) in [6, 6.07) is 116. The smallest absolute Gasteiger partial charge is 0.196 e. The summed E-state index contributed by atoms with van der Waals surface area (Å²) in [5, 5.41) is 20.4. The molecule has 22 rings (SSSR count). The summed E-state index contributed by atoms with van der Waals surface area (Å²) >= 11 is 0. The van der Waals surface area contributed by atoms with Gasteiger partial charge in [-0.3, -0.25) is 14.1 Å². The molecule has 10 heteroatoms. The molecule has 484 valence electrons. The van der Waals surface area contributed by atoms with Crippen molar-refractivity contribution in [1.29, 1.82) is 0 Å². The van der Waals surface area contributed by atoms with E-state index in [0.717, 1.165) is 56.3 Å². The zero-order valence-corrected chi connectivity index (χ0v) is 56.0. The number of para-hydroxylation sites is 6. The van der Waals surface area contributed by atoms with Crippen LogP contribution in [-0.4, -0.2) is 48.2 Å². The van der Waals surface area contributed by atoms with E-state index >= 15 is 0 Å². The predicted molar refractivity (Wildman–Crippen MR) is 429 cm³/mol. The van der Waals surface area contributed by atoms with E-state index in [1.807, 2.05) is 42.5 Å². The Morgan fingerprint density at radius 1 is 0.202 bits per heavy atom. The second-order valence-corrected chi connectivity index (χ2v) is 26.6. The molecule has 0 aliphatic carbocycles. The van der Waals surface area contributed by atoms with Crippen LogP contribution in [-0.2, 0) is 0 Å². The van der Waals surface area contributed by atoms with Crippen LogP contribution in [0.15, 0.2) is 353 Å². The number of nitrogens with zero attached hydrogens (tertiary/aromatic N) is 10. The van der Waals surface area contributed by atoms with E-state index in [9.17, 15) is 0 Å². The van der Waals surface area contributed by atoms with Gasteiger partial charge in [0.15, 0.2) is 17.5 Å². The van der Waals surface area contributed by atoms with Gasteiger partial charge < -0.3 is 9.13 Å². The topological polar surface area (TPSA) is 97.1 Å². The lowest BCUT2D eigenvalue weighted by molar-refractivity contribution is 1.04. The lowest BCUT2D eigenvalue weighted by atomic mass is 9.92. The third kappa shape index (κ3) is 9.36. The molecule has 0 atom stereocenters. The van der Waals surface area contributed by atoms with Gasteiger partial charge in [-0.25, -0.2) is 24.9 Å². The molecule has 0 radical (unpaired) electrons. The quantitative estimate of drug-likeness (QED) is 0.141. The van der Waals surface area contributed by atoms with Crippen molar-refractivity contribution < 1.29 is 0 Å². The Kier molecular flexibility index (Phi) is 13.4. The molecule has 104 heavy (non-hydrogen) atoms. The van der Waals surface area contributed by atoms with Gasteiger partial charge in [0.25, 0.3) is 0 Å². The van der Waals surface area contributed by atoms with Gasteiger partial charge in [0.05, 0.1) is 50.3 Å². The number of rotatable bonds is 8. The monoisotopic (exact) mass is 1330 g/mol. The molecule has 6 aromatic heterocycles. The standard InChI is InChI=1S/2C47H29N5/c1-2-12-36-34(10-1)35-11-3-4-13-37(35)40-28-30(18-24-38(36)40)31-19-25-44-41(29-31)39-14-5-7-16-43(39)51(44)32-20-22-33(23-21-32)52-45-17-8-6-15-42(45)50-47(52)46-48-26-9-27-49-46;1-2-11-36-34(9-1)35-10-3-4-12-37(35)40-27-30(17-23-38(36)40)31-18-24-45-41(28-31)39-13-5-7-15-44(39)51(45)32-19-21-33(22-20-32)52-46-16-8-6-14-42(46)50-47(52)43-29-48-25-26-49-43/h2*1-29H. The maximum atomic E-state index is 4.95. The van der Waals surface area contributed by atoms with Gasteiger partial charge in [0.1, 0.15) is 5.69 Å². The second kappa shape index (κ2) is 23.7. The van der Waals surface area contributed by atoms with Gasteiger partial charge >= 0.3 is 0 Å². The minimum atomic E-state index is 0.592. The van der Waals surface area contributed by atoms with Crippen LogP contribution in [0.25, 0.3) is 198 Å². The van der Waals surface area contributed by atoms with Crippen LogP contribution in [0.4, 0.5) is 0 Å². The summed E-state index contributed by atoms with van der Waals surface area (Å²) in [4.78, 5) is 27.8. The number of benzene rings is 16. The van der Waals surface area contributed by atoms with Crippen LogP contribution < -0.4 is 0 Å². The summed E-state index contributed by atoms with van der Waals surface area (Å²) in [6.45, 7) is 0. The molecule has 0 spiro atoms. The van der Waals surface area contributed by atoms with Crippen LogP contribution >= 0.6 is 0 Å². The fourth-order valence-corrected chi connectivity index (χ4v) is 16.3. The molecule has 10 nitrogen and oxygen atoms in total. The van der Waals surface area contributed by atoms with Gasteiger partial charge in [0.2, 0.25) is 0 Å². The normalized spacial score (nSPS) is 11.8. The van der Waals surface area contributed by atoms with Crippen LogP contribution in [0.2, 0.25) is 0 Å². The molecule has 0 saturated heterocycles. The first kappa shape index (κ1) is 58.7. The molecule has 0 N–H and O–H groups in total. The fraction of sp³-hybridized carbons (Fsp3) is 0. The number of fused-ring (bicyclic) bond motifs is 20. The van der Waals surface area contributed by atoms with E-state index in [-0.39, 0.29) is 0 Å². The largest absolute Gasteiger partial charge is 0.309 e. The van der Waals surface area contributed by atoms with Crippen LogP contribution in [0.1, 0.15) is 0 Å². The fourth-order valence-electron chi connectivity index (χ4n) is 16.3. The maximum Gasteiger partial charge on any atom is 0.196 e. The van der Waals surface area contributed by atoms with E-state index in [2.05, 4.69) is 317 Å². The van der Waals surface area contributed by atoms with Gasteiger partial charge in [-0.1, -0.05) is 194 Å². The van der Waals surface area contributed by atoms with Crippen molar-refractivity contribution >= 4 is 130 Å². The lowest BCUT2D eigenvalue weighted by Crippen LogP contribution is -2.01. The molecule has 0 saturated carbocycles. The Morgan fingerprint density at radius 3 is 0.933 bits per heavy atom. The van der Waals surface area contributed by atoms with E-state index in [1.54, 1.807) is 31.0 Å². The van der Waals surface area contributed by atoms with Crippen molar-refractivity contribution in [2.45, 2.75) is 0 Å². The number of hydrogen-bond acceptors (Lipinski definition) is 6. The average molecular weight is 1330 g/mol. The second-order valence-electron chi connectivity index (χ2n) is 26.6. The number of imidazole rings is 2. The van der Waals surface area contributed by atoms with Crippen LogP contribution in [0.5, 0.6) is 0 Å². The summed E-state index contributed by atoms with van der Waals surface area (Å²) in [5.74, 6) is 2.07. The van der Waals surface area contributed by atoms with Crippen LogP contribution in [0, 0.1) is 0 Å². The Bertz CT molecular complexity index is 6710. The molecule has 0 unspecified atom stereocenters. The van der Waals surface area contributed by atoms with Crippen molar-refractivity contribution in [3.05, 3.63) is 353 Å². The molecule has 0 bridgehead atoms. The van der Waals surface area contributed by atoms with Crippen molar-refractivity contribution in [1.82, 2.24) is 48.2 Å². The van der Waals surface area contributed by atoms with Gasteiger partial charge in [-0.05, 0) is 214 Å². The third-order valence-electron chi connectivity index (χ3n) is 20.9. The molecule has 0 aliphatic heterocycles. The van der Waals surface area contributed by atoms with Crippen molar-refractivity contribution in [2.75, 3.05) is 0 Å². The zero-order valence-electron chi connectivity index (χ0n) is 56.0. The first-order chi connectivity index (χ1) is 51.6. The number of hydrogen-bond donors (Lipinski definition) is 0. The van der Waals surface area contributed by atoms with E-state index in [1.165, 1.54) is 131 Å². The lowest BCUT2D eigenvalue weighted by Gasteiger charge is -2.13. The third-order valence-corrected chi connectivity index (χ3v) is 20.9. The highest BCUT2D eigenvalue weighted by molar-refractivity contribution is 6.27. The maximum absolute atomic E-state index is 4.95. The minimum Gasteiger partial charge on any atom is -0.309 e. The molecule has 16 aromatic carbocycles. The summed E-state index contributed by atoms with van der Waals surface area (Å²) in [6.07, 6.45) is 8.67. The number of aromatic nitrogens is 10. The molecular weight excluding hydrogens is 1270 g/mol. The minimum absolute atomic E-state index is 0.592. The molecule has 6 heterocycles. The Labute approximate surface area is 595 Å². The van der Waals surface area contributed by atoms with Crippen molar-refractivity contribution in [3.63, 3.8) is 0 Å². The molecule has 0 fully saturated rings. The first-order valence-electron chi connectivity index (χ1n) is 35.0. The Hall–Kier alpha value is -14.2. The SMILES string of the molecule is c1ccc2c(c1)nc(-c1cnccn1)n2-c1ccc(-n2c3ccccc3c3cc(-c4ccc5c6ccccc6c6ccccc6c5c4)ccc32)cc1.c1cnc(-c2nc3ccccc3n2-c2ccc(-n3c4ccccc4c4cc(-c5ccc6c7ccccc7c7ccccc7c6c5)ccc43)cc2)nc1. The highest BCUT2D eigenvalue weighted by atomic mass is 15.1. The average Bonchev–Trinajstić information content (AvgIpc) is 1.69.